The molecule has 1 aliphatic rings. The lowest BCUT2D eigenvalue weighted by molar-refractivity contribution is 0.246. The van der Waals surface area contributed by atoms with Gasteiger partial charge in [-0.3, -0.25) is 4.90 Å². The first-order valence-electron chi connectivity index (χ1n) is 7.91. The quantitative estimate of drug-likeness (QED) is 0.870. The lowest BCUT2D eigenvalue weighted by atomic mass is 10.0. The number of benzene rings is 1. The molecule has 1 unspecified atom stereocenters. The molecule has 3 rings (SSSR count). The third-order valence-electron chi connectivity index (χ3n) is 4.36. The summed E-state index contributed by atoms with van der Waals surface area (Å²) in [6.45, 7) is 4.55. The van der Waals surface area contributed by atoms with Crippen molar-refractivity contribution in [1.82, 2.24) is 9.62 Å². The van der Waals surface area contributed by atoms with E-state index in [1.807, 2.05) is 12.1 Å². The number of sulfonamides is 1. The summed E-state index contributed by atoms with van der Waals surface area (Å²) in [5, 5.41) is 1.79. The molecule has 1 fully saturated rings. The van der Waals surface area contributed by atoms with Gasteiger partial charge in [-0.15, -0.1) is 11.3 Å². The van der Waals surface area contributed by atoms with Gasteiger partial charge in [0.2, 0.25) is 10.0 Å². The highest BCUT2D eigenvalue weighted by molar-refractivity contribution is 7.91. The predicted molar refractivity (Wildman–Crippen MR) is 94.2 cm³/mol. The van der Waals surface area contributed by atoms with Crippen LogP contribution < -0.4 is 4.72 Å². The molecule has 0 aliphatic carbocycles. The van der Waals surface area contributed by atoms with Crippen LogP contribution >= 0.6 is 11.3 Å². The van der Waals surface area contributed by atoms with Crippen LogP contribution in [0.1, 0.15) is 30.0 Å². The van der Waals surface area contributed by atoms with Gasteiger partial charge in [-0.2, -0.15) is 0 Å². The van der Waals surface area contributed by atoms with E-state index in [9.17, 15) is 8.42 Å². The molecule has 1 N–H and O–H groups in total. The van der Waals surface area contributed by atoms with Gasteiger partial charge in [-0.05, 0) is 55.4 Å². The fourth-order valence-corrected chi connectivity index (χ4v) is 5.20. The largest absolute Gasteiger partial charge is 0.295 e. The number of thiophene rings is 1. The van der Waals surface area contributed by atoms with Gasteiger partial charge < -0.3 is 0 Å². The molecule has 0 saturated carbocycles. The van der Waals surface area contributed by atoms with E-state index in [0.29, 0.717) is 10.8 Å². The zero-order valence-corrected chi connectivity index (χ0v) is 14.9. The summed E-state index contributed by atoms with van der Waals surface area (Å²) in [4.78, 5) is 2.39. The lowest BCUT2D eigenvalue weighted by Crippen LogP contribution is -2.36. The number of likely N-dealkylation sites (tertiary alicyclic amines) is 1. The highest BCUT2D eigenvalue weighted by atomic mass is 32.2. The van der Waals surface area contributed by atoms with Gasteiger partial charge in [0, 0.05) is 12.6 Å². The molecule has 0 radical (unpaired) electrons. The monoisotopic (exact) mass is 350 g/mol. The van der Waals surface area contributed by atoms with Crippen LogP contribution in [0.4, 0.5) is 0 Å². The smallest absolute Gasteiger partial charge is 0.250 e. The maximum Gasteiger partial charge on any atom is 0.250 e. The Labute approximate surface area is 142 Å². The van der Waals surface area contributed by atoms with E-state index >= 15 is 0 Å². The second-order valence-corrected chi connectivity index (χ2v) is 8.84. The minimum atomic E-state index is -3.42. The van der Waals surface area contributed by atoms with Crippen molar-refractivity contribution in [1.29, 1.82) is 0 Å². The maximum absolute atomic E-state index is 12.4. The number of nitrogens with one attached hydrogen (secondary N) is 1. The van der Waals surface area contributed by atoms with Crippen LogP contribution in [0.15, 0.2) is 46.0 Å². The van der Waals surface area contributed by atoms with Crippen molar-refractivity contribution in [2.75, 3.05) is 19.6 Å². The first-order valence-corrected chi connectivity index (χ1v) is 10.3. The van der Waals surface area contributed by atoms with Crippen LogP contribution in [0.25, 0.3) is 0 Å². The van der Waals surface area contributed by atoms with Crippen LogP contribution in [0, 0.1) is 6.92 Å². The standard InChI is InChI=1S/C17H22N2O2S2/c1-14-7-2-3-8-15(14)16(19-10-4-5-11-19)13-18-23(20,21)17-9-6-12-22-17/h2-3,6-9,12,16,18H,4-5,10-11,13H2,1H3. The topological polar surface area (TPSA) is 49.4 Å². The van der Waals surface area contributed by atoms with Gasteiger partial charge in [0.25, 0.3) is 0 Å². The van der Waals surface area contributed by atoms with Gasteiger partial charge in [-0.25, -0.2) is 13.1 Å². The number of aryl methyl sites for hydroxylation is 1. The van der Waals surface area contributed by atoms with E-state index in [1.165, 1.54) is 35.3 Å². The van der Waals surface area contributed by atoms with E-state index in [-0.39, 0.29) is 6.04 Å². The molecule has 0 bridgehead atoms. The second-order valence-electron chi connectivity index (χ2n) is 5.90. The Morgan fingerprint density at radius 3 is 2.57 bits per heavy atom. The summed E-state index contributed by atoms with van der Waals surface area (Å²) in [7, 11) is -3.42. The fourth-order valence-electron chi connectivity index (χ4n) is 3.13. The van der Waals surface area contributed by atoms with E-state index in [1.54, 1.807) is 17.5 Å². The van der Waals surface area contributed by atoms with Crippen molar-refractivity contribution in [2.45, 2.75) is 30.0 Å². The summed E-state index contributed by atoms with van der Waals surface area (Å²) in [6.07, 6.45) is 2.36. The summed E-state index contributed by atoms with van der Waals surface area (Å²) >= 11 is 1.25. The summed E-state index contributed by atoms with van der Waals surface area (Å²) in [5.41, 5.74) is 2.42. The van der Waals surface area contributed by atoms with Gasteiger partial charge in [0.1, 0.15) is 4.21 Å². The molecular formula is C17H22N2O2S2. The van der Waals surface area contributed by atoms with Crippen molar-refractivity contribution >= 4 is 21.4 Å². The van der Waals surface area contributed by atoms with Crippen molar-refractivity contribution in [3.8, 4) is 0 Å². The van der Waals surface area contributed by atoms with Gasteiger partial charge in [-0.1, -0.05) is 30.3 Å². The van der Waals surface area contributed by atoms with Gasteiger partial charge in [0.05, 0.1) is 0 Å². The average Bonchev–Trinajstić information content (AvgIpc) is 3.23. The van der Waals surface area contributed by atoms with E-state index in [0.717, 1.165) is 13.1 Å². The Kier molecular flexibility index (Phi) is 5.16. The normalized spacial score (nSPS) is 17.4. The minimum absolute atomic E-state index is 0.0911. The van der Waals surface area contributed by atoms with Crippen LogP contribution in [-0.2, 0) is 10.0 Å². The van der Waals surface area contributed by atoms with Crippen molar-refractivity contribution < 1.29 is 8.42 Å². The summed E-state index contributed by atoms with van der Waals surface area (Å²) < 4.78 is 28.0. The maximum atomic E-state index is 12.4. The molecule has 6 heteroatoms. The molecular weight excluding hydrogens is 328 g/mol. The third-order valence-corrected chi connectivity index (χ3v) is 7.18. The van der Waals surface area contributed by atoms with Crippen LogP contribution in [0.5, 0.6) is 0 Å². The van der Waals surface area contributed by atoms with Crippen molar-refractivity contribution in [3.05, 3.63) is 52.9 Å². The number of rotatable bonds is 6. The van der Waals surface area contributed by atoms with Crippen molar-refractivity contribution in [2.24, 2.45) is 0 Å². The highest BCUT2D eigenvalue weighted by Crippen LogP contribution is 2.27. The Morgan fingerprint density at radius 2 is 1.91 bits per heavy atom. The van der Waals surface area contributed by atoms with Crippen LogP contribution in [0.2, 0.25) is 0 Å². The Bertz CT molecular complexity index is 736. The van der Waals surface area contributed by atoms with Crippen molar-refractivity contribution in [3.63, 3.8) is 0 Å². The van der Waals surface area contributed by atoms with Gasteiger partial charge >= 0.3 is 0 Å². The molecule has 1 aromatic carbocycles. The molecule has 1 saturated heterocycles. The number of nitrogens with zero attached hydrogens (tertiary/aromatic N) is 1. The molecule has 1 aliphatic heterocycles. The fraction of sp³-hybridized carbons (Fsp3) is 0.412. The molecule has 2 heterocycles. The molecule has 4 nitrogen and oxygen atoms in total. The van der Waals surface area contributed by atoms with E-state index in [4.69, 9.17) is 0 Å². The zero-order valence-electron chi connectivity index (χ0n) is 13.2. The van der Waals surface area contributed by atoms with Gasteiger partial charge in [0.15, 0.2) is 0 Å². The summed E-state index contributed by atoms with van der Waals surface area (Å²) in [5.74, 6) is 0. The highest BCUT2D eigenvalue weighted by Gasteiger charge is 2.26. The molecule has 124 valence electrons. The zero-order chi connectivity index (χ0) is 16.3. The molecule has 1 aromatic heterocycles. The number of hydrogen-bond donors (Lipinski definition) is 1. The molecule has 23 heavy (non-hydrogen) atoms. The van der Waals surface area contributed by atoms with E-state index < -0.39 is 10.0 Å². The van der Waals surface area contributed by atoms with Crippen LogP contribution in [-0.4, -0.2) is 33.0 Å². The SMILES string of the molecule is Cc1ccccc1C(CNS(=O)(=O)c1cccs1)N1CCCC1. The Morgan fingerprint density at radius 1 is 1.17 bits per heavy atom. The molecule has 0 amide bonds. The molecule has 1 atom stereocenters. The minimum Gasteiger partial charge on any atom is -0.295 e. The first-order chi connectivity index (χ1) is 11.1. The molecule has 2 aromatic rings. The molecule has 0 spiro atoms. The second kappa shape index (κ2) is 7.13. The van der Waals surface area contributed by atoms with E-state index in [2.05, 4.69) is 28.7 Å². The summed E-state index contributed by atoms with van der Waals surface area (Å²) in [6, 6.07) is 11.7. The van der Waals surface area contributed by atoms with Crippen LogP contribution in [0.3, 0.4) is 0 Å². The average molecular weight is 351 g/mol. The lowest BCUT2D eigenvalue weighted by Gasteiger charge is -2.29. The Balaban J connectivity index is 1.81. The predicted octanol–water partition coefficient (Wildman–Crippen LogP) is 3.17. The third kappa shape index (κ3) is 3.83. The first kappa shape index (κ1) is 16.6. The number of hydrogen-bond acceptors (Lipinski definition) is 4. The Hall–Kier alpha value is -1.21.